The number of hydrogen-bond acceptors (Lipinski definition) is 2. The van der Waals surface area contributed by atoms with Crippen molar-refractivity contribution in [2.45, 2.75) is 66.3 Å². The van der Waals surface area contributed by atoms with Crippen LogP contribution in [0.1, 0.15) is 60.8 Å². The predicted octanol–water partition coefficient (Wildman–Crippen LogP) is 2.82. The zero-order valence-corrected chi connectivity index (χ0v) is 12.5. The lowest BCUT2D eigenvalue weighted by atomic mass is 9.81. The second-order valence-corrected chi connectivity index (χ2v) is 7.08. The van der Waals surface area contributed by atoms with Crippen LogP contribution in [0.3, 0.4) is 0 Å². The summed E-state index contributed by atoms with van der Waals surface area (Å²) in [6.07, 6.45) is 1.17. The third-order valence-corrected chi connectivity index (χ3v) is 2.51. The molecule has 106 valence electrons. The summed E-state index contributed by atoms with van der Waals surface area (Å²) < 4.78 is 0. The monoisotopic (exact) mass is 257 g/mol. The van der Waals surface area contributed by atoms with Gasteiger partial charge in [0, 0.05) is 18.4 Å². The smallest absolute Gasteiger partial charge is 0.303 e. The SMILES string of the molecule is CC(CC(=O)O)CC(=O)NC(C)(C)CC(C)(C)C. The van der Waals surface area contributed by atoms with E-state index in [0.29, 0.717) is 0 Å². The van der Waals surface area contributed by atoms with E-state index in [-0.39, 0.29) is 35.6 Å². The Balaban J connectivity index is 4.26. The molecular weight excluding hydrogens is 230 g/mol. The molecule has 0 aliphatic carbocycles. The van der Waals surface area contributed by atoms with Crippen molar-refractivity contribution in [3.8, 4) is 0 Å². The molecule has 4 nitrogen and oxygen atoms in total. The highest BCUT2D eigenvalue weighted by atomic mass is 16.4. The van der Waals surface area contributed by atoms with Gasteiger partial charge in [0.05, 0.1) is 0 Å². The van der Waals surface area contributed by atoms with E-state index in [2.05, 4.69) is 26.1 Å². The first-order chi connectivity index (χ1) is 7.91. The fraction of sp³-hybridized carbons (Fsp3) is 0.857. The molecule has 0 aromatic carbocycles. The van der Waals surface area contributed by atoms with Crippen LogP contribution in [0.2, 0.25) is 0 Å². The largest absolute Gasteiger partial charge is 0.481 e. The Morgan fingerprint density at radius 3 is 2.00 bits per heavy atom. The van der Waals surface area contributed by atoms with E-state index in [1.807, 2.05) is 13.8 Å². The number of nitrogens with one attached hydrogen (secondary N) is 1. The van der Waals surface area contributed by atoms with E-state index in [1.54, 1.807) is 6.92 Å². The topological polar surface area (TPSA) is 66.4 Å². The first-order valence-corrected chi connectivity index (χ1v) is 6.44. The molecule has 1 unspecified atom stereocenters. The van der Waals surface area contributed by atoms with Gasteiger partial charge in [0.1, 0.15) is 0 Å². The van der Waals surface area contributed by atoms with Crippen LogP contribution in [0.5, 0.6) is 0 Å². The Morgan fingerprint density at radius 1 is 1.11 bits per heavy atom. The maximum atomic E-state index is 11.8. The summed E-state index contributed by atoms with van der Waals surface area (Å²) in [5, 5.41) is 11.6. The standard InChI is InChI=1S/C14H27NO3/c1-10(8-12(17)18)7-11(16)15-14(5,6)9-13(2,3)4/h10H,7-9H2,1-6H3,(H,15,16)(H,17,18). The molecule has 0 aliphatic heterocycles. The van der Waals surface area contributed by atoms with E-state index >= 15 is 0 Å². The van der Waals surface area contributed by atoms with Crippen LogP contribution in [0, 0.1) is 11.3 Å². The molecule has 2 N–H and O–H groups in total. The fourth-order valence-corrected chi connectivity index (χ4v) is 2.49. The maximum Gasteiger partial charge on any atom is 0.303 e. The van der Waals surface area contributed by atoms with Crippen LogP contribution in [-0.4, -0.2) is 22.5 Å². The molecule has 0 heterocycles. The normalized spacial score (nSPS) is 14.1. The van der Waals surface area contributed by atoms with Crippen LogP contribution < -0.4 is 5.32 Å². The minimum Gasteiger partial charge on any atom is -0.481 e. The van der Waals surface area contributed by atoms with Gasteiger partial charge in [-0.1, -0.05) is 27.7 Å². The summed E-state index contributed by atoms with van der Waals surface area (Å²) in [7, 11) is 0. The van der Waals surface area contributed by atoms with Gasteiger partial charge in [-0.15, -0.1) is 0 Å². The summed E-state index contributed by atoms with van der Waals surface area (Å²) in [4.78, 5) is 22.4. The van der Waals surface area contributed by atoms with E-state index in [9.17, 15) is 9.59 Å². The van der Waals surface area contributed by atoms with Crippen molar-refractivity contribution in [2.75, 3.05) is 0 Å². The molecule has 0 aromatic rings. The third-order valence-electron chi connectivity index (χ3n) is 2.51. The molecule has 4 heteroatoms. The Labute approximate surface area is 110 Å². The molecule has 0 bridgehead atoms. The van der Waals surface area contributed by atoms with Gasteiger partial charge in [0.15, 0.2) is 0 Å². The molecular formula is C14H27NO3. The van der Waals surface area contributed by atoms with Gasteiger partial charge in [-0.05, 0) is 31.6 Å². The third kappa shape index (κ3) is 9.02. The lowest BCUT2D eigenvalue weighted by Gasteiger charge is -2.33. The number of carboxylic acid groups (broad SMARTS) is 1. The van der Waals surface area contributed by atoms with Gasteiger partial charge < -0.3 is 10.4 Å². The van der Waals surface area contributed by atoms with Crippen molar-refractivity contribution in [2.24, 2.45) is 11.3 Å². The maximum absolute atomic E-state index is 11.8. The Kier molecular flexibility index (Phi) is 5.84. The zero-order chi connectivity index (χ0) is 14.6. The van der Waals surface area contributed by atoms with Crippen LogP contribution in [-0.2, 0) is 9.59 Å². The van der Waals surface area contributed by atoms with Gasteiger partial charge >= 0.3 is 5.97 Å². The average molecular weight is 257 g/mol. The lowest BCUT2D eigenvalue weighted by Crippen LogP contribution is -2.46. The van der Waals surface area contributed by atoms with Crippen LogP contribution in [0.15, 0.2) is 0 Å². The van der Waals surface area contributed by atoms with Gasteiger partial charge in [-0.25, -0.2) is 0 Å². The van der Waals surface area contributed by atoms with Crippen molar-refractivity contribution in [1.82, 2.24) is 5.32 Å². The van der Waals surface area contributed by atoms with E-state index in [0.717, 1.165) is 6.42 Å². The predicted molar refractivity (Wildman–Crippen MR) is 72.3 cm³/mol. The Morgan fingerprint density at radius 2 is 1.61 bits per heavy atom. The molecule has 0 rings (SSSR count). The summed E-state index contributed by atoms with van der Waals surface area (Å²) >= 11 is 0. The van der Waals surface area contributed by atoms with Gasteiger partial charge in [0.25, 0.3) is 0 Å². The number of amides is 1. The number of aliphatic carboxylic acids is 1. The van der Waals surface area contributed by atoms with Crippen molar-refractivity contribution in [3.05, 3.63) is 0 Å². The quantitative estimate of drug-likeness (QED) is 0.769. The molecule has 1 amide bonds. The molecule has 18 heavy (non-hydrogen) atoms. The highest BCUT2D eigenvalue weighted by Crippen LogP contribution is 2.27. The van der Waals surface area contributed by atoms with Crippen molar-refractivity contribution < 1.29 is 14.7 Å². The molecule has 0 saturated carbocycles. The summed E-state index contributed by atoms with van der Waals surface area (Å²) in [5.41, 5.74) is -0.123. The van der Waals surface area contributed by atoms with E-state index < -0.39 is 5.97 Å². The molecule has 0 saturated heterocycles. The highest BCUT2D eigenvalue weighted by Gasteiger charge is 2.27. The highest BCUT2D eigenvalue weighted by molar-refractivity contribution is 5.77. The van der Waals surface area contributed by atoms with E-state index in [1.165, 1.54) is 0 Å². The first kappa shape index (κ1) is 16.9. The second kappa shape index (κ2) is 6.21. The van der Waals surface area contributed by atoms with Gasteiger partial charge in [-0.3, -0.25) is 9.59 Å². The Bertz CT molecular complexity index is 303. The van der Waals surface area contributed by atoms with Crippen LogP contribution in [0.4, 0.5) is 0 Å². The molecule has 0 aromatic heterocycles. The summed E-state index contributed by atoms with van der Waals surface area (Å²) in [6.45, 7) is 12.2. The van der Waals surface area contributed by atoms with Crippen LogP contribution >= 0.6 is 0 Å². The summed E-state index contributed by atoms with van der Waals surface area (Å²) in [5.74, 6) is -1.06. The molecule has 0 spiro atoms. The minimum absolute atomic E-state index is 0.0348. The van der Waals surface area contributed by atoms with E-state index in [4.69, 9.17) is 5.11 Å². The number of rotatable bonds is 6. The minimum atomic E-state index is -0.857. The van der Waals surface area contributed by atoms with Crippen LogP contribution in [0.25, 0.3) is 0 Å². The number of carbonyl (C=O) groups excluding carboxylic acids is 1. The van der Waals surface area contributed by atoms with Gasteiger partial charge in [0.2, 0.25) is 5.91 Å². The number of carboxylic acids is 1. The zero-order valence-electron chi connectivity index (χ0n) is 12.5. The second-order valence-electron chi connectivity index (χ2n) is 7.08. The van der Waals surface area contributed by atoms with Gasteiger partial charge in [-0.2, -0.15) is 0 Å². The molecule has 0 radical (unpaired) electrons. The number of carbonyl (C=O) groups is 2. The van der Waals surface area contributed by atoms with Crippen molar-refractivity contribution >= 4 is 11.9 Å². The van der Waals surface area contributed by atoms with Crippen molar-refractivity contribution in [3.63, 3.8) is 0 Å². The number of hydrogen-bond donors (Lipinski definition) is 2. The summed E-state index contributed by atoms with van der Waals surface area (Å²) in [6, 6.07) is 0. The molecule has 1 atom stereocenters. The molecule has 0 fully saturated rings. The Hall–Kier alpha value is -1.06. The van der Waals surface area contributed by atoms with Crippen molar-refractivity contribution in [1.29, 1.82) is 0 Å². The lowest BCUT2D eigenvalue weighted by molar-refractivity contribution is -0.138. The first-order valence-electron chi connectivity index (χ1n) is 6.44. The molecule has 0 aliphatic rings. The fourth-order valence-electron chi connectivity index (χ4n) is 2.49. The average Bonchev–Trinajstić information content (AvgIpc) is 1.92.